The number of amides is 2. The van der Waals surface area contributed by atoms with Crippen LogP contribution >= 0.6 is 11.6 Å². The van der Waals surface area contributed by atoms with Crippen LogP contribution in [-0.2, 0) is 19.0 Å². The fourth-order valence-corrected chi connectivity index (χ4v) is 2.14. The summed E-state index contributed by atoms with van der Waals surface area (Å²) in [4.78, 5) is 35.9. The largest absolute Gasteiger partial charge is 0.467 e. The summed E-state index contributed by atoms with van der Waals surface area (Å²) >= 11 is 6.06. The van der Waals surface area contributed by atoms with Crippen molar-refractivity contribution in [3.8, 4) is 0 Å². The lowest BCUT2D eigenvalue weighted by Crippen LogP contribution is -2.52. The highest BCUT2D eigenvalue weighted by Crippen LogP contribution is 2.26. The summed E-state index contributed by atoms with van der Waals surface area (Å²) in [5.74, 6) is -0.769. The molecule has 8 nitrogen and oxygen atoms in total. The van der Waals surface area contributed by atoms with Crippen LogP contribution in [0.4, 0.5) is 9.59 Å². The van der Waals surface area contributed by atoms with Gasteiger partial charge >= 0.3 is 18.2 Å². The maximum absolute atomic E-state index is 12.1. The van der Waals surface area contributed by atoms with Gasteiger partial charge in [0.25, 0.3) is 0 Å². The van der Waals surface area contributed by atoms with E-state index in [4.69, 9.17) is 21.1 Å². The molecule has 0 bridgehead atoms. The van der Waals surface area contributed by atoms with E-state index < -0.39 is 29.6 Å². The van der Waals surface area contributed by atoms with E-state index in [0.717, 1.165) is 17.1 Å². The van der Waals surface area contributed by atoms with E-state index in [1.165, 1.54) is 12.2 Å². The van der Waals surface area contributed by atoms with Crippen molar-refractivity contribution in [3.63, 3.8) is 0 Å². The third kappa shape index (κ3) is 3.91. The van der Waals surface area contributed by atoms with E-state index in [-0.39, 0.29) is 19.8 Å². The number of hydrazine groups is 1. The predicted octanol–water partition coefficient (Wildman–Crippen LogP) is 1.31. The maximum atomic E-state index is 12.1. The molecule has 0 aromatic rings. The number of hydrogen-bond acceptors (Lipinski definition) is 6. The molecule has 122 valence electrons. The number of ether oxygens (including phenoxy) is 3. The topological polar surface area (TPSA) is 85.4 Å². The first-order chi connectivity index (χ1) is 10.5. The number of carbonyl (C=O) groups is 3. The van der Waals surface area contributed by atoms with Crippen molar-refractivity contribution in [2.75, 3.05) is 26.9 Å². The van der Waals surface area contributed by atoms with E-state index >= 15 is 0 Å². The summed E-state index contributed by atoms with van der Waals surface area (Å²) < 4.78 is 14.3. The Morgan fingerprint density at radius 2 is 1.73 bits per heavy atom. The lowest BCUT2D eigenvalue weighted by molar-refractivity contribution is -0.148. The minimum Gasteiger partial charge on any atom is -0.467 e. The molecule has 0 aromatic heterocycles. The summed E-state index contributed by atoms with van der Waals surface area (Å²) in [6.45, 7) is 6.57. The molecular formula is C13H17ClN2O6. The zero-order valence-corrected chi connectivity index (χ0v) is 12.8. The standard InChI is InChI=1S/C13H17ClN2O6/c1-4-6-21-12(18)15-8-9(14)10(11(17)20-3)16(15)13(19)22-7-5-2/h4-5,9-10H,1-2,6-8H2,3H3. The highest BCUT2D eigenvalue weighted by atomic mass is 35.5. The second-order valence-corrected chi connectivity index (χ2v) is 4.70. The van der Waals surface area contributed by atoms with Crippen molar-refractivity contribution in [2.45, 2.75) is 11.4 Å². The Morgan fingerprint density at radius 3 is 2.23 bits per heavy atom. The van der Waals surface area contributed by atoms with Crippen LogP contribution in [0.5, 0.6) is 0 Å². The van der Waals surface area contributed by atoms with Crippen molar-refractivity contribution in [1.29, 1.82) is 0 Å². The number of hydrogen-bond donors (Lipinski definition) is 0. The van der Waals surface area contributed by atoms with Crippen LogP contribution in [0.3, 0.4) is 0 Å². The van der Waals surface area contributed by atoms with E-state index in [1.54, 1.807) is 0 Å². The van der Waals surface area contributed by atoms with Crippen LogP contribution in [0.25, 0.3) is 0 Å². The Bertz CT molecular complexity index is 469. The molecule has 2 unspecified atom stereocenters. The molecule has 1 fully saturated rings. The Labute approximate surface area is 132 Å². The Kier molecular flexibility index (Phi) is 6.71. The van der Waals surface area contributed by atoms with E-state index in [1.807, 2.05) is 0 Å². The molecule has 1 heterocycles. The first-order valence-corrected chi connectivity index (χ1v) is 6.75. The van der Waals surface area contributed by atoms with Gasteiger partial charge in [0.15, 0.2) is 6.04 Å². The van der Waals surface area contributed by atoms with E-state index in [0.29, 0.717) is 0 Å². The van der Waals surface area contributed by atoms with Crippen molar-refractivity contribution in [1.82, 2.24) is 10.0 Å². The van der Waals surface area contributed by atoms with Gasteiger partial charge in [0.2, 0.25) is 0 Å². The summed E-state index contributed by atoms with van der Waals surface area (Å²) in [6, 6.07) is -1.19. The van der Waals surface area contributed by atoms with Gasteiger partial charge in [0.05, 0.1) is 19.0 Å². The summed E-state index contributed by atoms with van der Waals surface area (Å²) in [5.41, 5.74) is 0. The van der Waals surface area contributed by atoms with Gasteiger partial charge in [-0.2, -0.15) is 5.01 Å². The van der Waals surface area contributed by atoms with Gasteiger partial charge in [-0.1, -0.05) is 25.3 Å². The molecule has 1 aliphatic rings. The molecule has 1 saturated heterocycles. The Hall–Kier alpha value is -2.22. The average molecular weight is 333 g/mol. The van der Waals surface area contributed by atoms with Crippen LogP contribution in [0, 0.1) is 0 Å². The molecular weight excluding hydrogens is 316 g/mol. The minimum atomic E-state index is -1.19. The highest BCUT2D eigenvalue weighted by molar-refractivity contribution is 6.23. The number of carbonyl (C=O) groups excluding carboxylic acids is 3. The third-order valence-corrected chi connectivity index (χ3v) is 3.08. The van der Waals surface area contributed by atoms with E-state index in [9.17, 15) is 14.4 Å². The van der Waals surface area contributed by atoms with Crippen LogP contribution in [0.2, 0.25) is 0 Å². The first kappa shape index (κ1) is 17.8. The molecule has 0 spiro atoms. The monoisotopic (exact) mass is 332 g/mol. The number of methoxy groups -OCH3 is 1. The second kappa shape index (κ2) is 8.28. The van der Waals surface area contributed by atoms with Crippen molar-refractivity contribution >= 4 is 29.8 Å². The Morgan fingerprint density at radius 1 is 1.18 bits per heavy atom. The second-order valence-electron chi connectivity index (χ2n) is 4.14. The quantitative estimate of drug-likeness (QED) is 0.326. The third-order valence-electron chi connectivity index (χ3n) is 2.70. The van der Waals surface area contributed by atoms with Crippen LogP contribution in [0.15, 0.2) is 25.3 Å². The summed E-state index contributed by atoms with van der Waals surface area (Å²) in [7, 11) is 1.15. The van der Waals surface area contributed by atoms with Gasteiger partial charge in [0.1, 0.15) is 13.2 Å². The van der Waals surface area contributed by atoms with Crippen molar-refractivity contribution < 1.29 is 28.6 Å². The lowest BCUT2D eigenvalue weighted by Gasteiger charge is -2.28. The molecule has 9 heteroatoms. The highest BCUT2D eigenvalue weighted by Gasteiger charge is 2.50. The fourth-order valence-electron chi connectivity index (χ4n) is 1.80. The smallest absolute Gasteiger partial charge is 0.430 e. The molecule has 0 N–H and O–H groups in total. The number of esters is 1. The molecule has 0 saturated carbocycles. The van der Waals surface area contributed by atoms with Crippen LogP contribution in [-0.4, -0.2) is 66.5 Å². The SMILES string of the molecule is C=CCOC(=O)N1CC(Cl)C(C(=O)OC)N1C(=O)OCC=C. The number of nitrogens with zero attached hydrogens (tertiary/aromatic N) is 2. The van der Waals surface area contributed by atoms with Crippen LogP contribution < -0.4 is 0 Å². The van der Waals surface area contributed by atoms with Gasteiger partial charge in [-0.25, -0.2) is 19.4 Å². The predicted molar refractivity (Wildman–Crippen MR) is 77.1 cm³/mol. The van der Waals surface area contributed by atoms with Gasteiger partial charge in [-0.15, -0.1) is 11.6 Å². The van der Waals surface area contributed by atoms with Gasteiger partial charge < -0.3 is 14.2 Å². The van der Waals surface area contributed by atoms with Crippen molar-refractivity contribution in [2.24, 2.45) is 0 Å². The molecule has 0 radical (unpaired) electrons. The first-order valence-electron chi connectivity index (χ1n) is 6.31. The average Bonchev–Trinajstić information content (AvgIpc) is 2.86. The van der Waals surface area contributed by atoms with Gasteiger partial charge in [-0.3, -0.25) is 0 Å². The summed E-state index contributed by atoms with van der Waals surface area (Å²) in [5, 5.41) is 0.826. The number of rotatable bonds is 5. The van der Waals surface area contributed by atoms with Gasteiger partial charge in [0, 0.05) is 0 Å². The molecule has 1 rings (SSSR count). The maximum Gasteiger partial charge on any atom is 0.430 e. The summed E-state index contributed by atoms with van der Waals surface area (Å²) in [6.07, 6.45) is 0.922. The van der Waals surface area contributed by atoms with Crippen LogP contribution in [0.1, 0.15) is 0 Å². The van der Waals surface area contributed by atoms with E-state index in [2.05, 4.69) is 17.9 Å². The normalized spacial score (nSPS) is 20.3. The van der Waals surface area contributed by atoms with Crippen molar-refractivity contribution in [3.05, 3.63) is 25.3 Å². The minimum absolute atomic E-state index is 0.0548. The number of halogens is 1. The molecule has 1 aliphatic heterocycles. The molecule has 22 heavy (non-hydrogen) atoms. The molecule has 2 amide bonds. The fraction of sp³-hybridized carbons (Fsp3) is 0.462. The Balaban J connectivity index is 3.00. The zero-order valence-electron chi connectivity index (χ0n) is 12.1. The molecule has 2 atom stereocenters. The molecule has 0 aromatic carbocycles. The molecule has 0 aliphatic carbocycles. The zero-order chi connectivity index (χ0) is 16.7. The van der Waals surface area contributed by atoms with Gasteiger partial charge in [-0.05, 0) is 0 Å². The lowest BCUT2D eigenvalue weighted by atomic mass is 10.2. The number of alkyl halides is 1.